The van der Waals surface area contributed by atoms with Crippen molar-refractivity contribution in [1.82, 2.24) is 30.8 Å². The van der Waals surface area contributed by atoms with Crippen LogP contribution >= 0.6 is 11.3 Å². The number of nitrogens with one attached hydrogen (secondary N) is 3. The van der Waals surface area contributed by atoms with Crippen LogP contribution in [0.1, 0.15) is 63.5 Å². The van der Waals surface area contributed by atoms with Crippen LogP contribution in [-0.2, 0) is 27.5 Å². The van der Waals surface area contributed by atoms with Gasteiger partial charge in [-0.3, -0.25) is 24.3 Å². The van der Waals surface area contributed by atoms with E-state index in [0.717, 1.165) is 32.1 Å². The quantitative estimate of drug-likeness (QED) is 0.196. The summed E-state index contributed by atoms with van der Waals surface area (Å²) in [7, 11) is 0. The van der Waals surface area contributed by atoms with Gasteiger partial charge in [-0.05, 0) is 25.2 Å². The minimum absolute atomic E-state index is 0.0400. The van der Waals surface area contributed by atoms with E-state index in [1.165, 1.54) is 11.3 Å². The van der Waals surface area contributed by atoms with Crippen molar-refractivity contribution in [3.05, 3.63) is 23.5 Å². The average Bonchev–Trinajstić information content (AvgIpc) is 3.58. The maximum Gasteiger partial charge on any atom is 0.244 e. The molecule has 2 heterocycles. The summed E-state index contributed by atoms with van der Waals surface area (Å²) in [5, 5.41) is 25.0. The summed E-state index contributed by atoms with van der Waals surface area (Å²) in [4.78, 5) is 40.2. The fraction of sp³-hybridized carbons (Fsp3) is 0.619. The normalized spacial score (nSPS) is 14.7. The number of aryl methyl sites for hydroxylation is 1. The van der Waals surface area contributed by atoms with E-state index in [2.05, 4.69) is 25.9 Å². The molecule has 11 nitrogen and oxygen atoms in total. The number of hydroxylamine groups is 1. The zero-order chi connectivity index (χ0) is 23.5. The number of carbonyl (C=O) groups excluding carboxylic acids is 3. The molecule has 1 unspecified atom stereocenters. The number of nitrogens with zero attached hydrogens (tertiary/aromatic N) is 4. The molecule has 0 aliphatic heterocycles. The Morgan fingerprint density at radius 2 is 2.03 bits per heavy atom. The average molecular weight is 478 g/mol. The molecule has 1 aliphatic rings. The van der Waals surface area contributed by atoms with Gasteiger partial charge in [0.25, 0.3) is 0 Å². The van der Waals surface area contributed by atoms with E-state index in [1.807, 2.05) is 5.38 Å². The van der Waals surface area contributed by atoms with Crippen molar-refractivity contribution in [2.75, 3.05) is 5.32 Å². The first-order chi connectivity index (χ1) is 16.0. The highest BCUT2D eigenvalue weighted by atomic mass is 32.1. The second-order valence-electron chi connectivity index (χ2n) is 8.36. The first-order valence-corrected chi connectivity index (χ1v) is 12.2. The van der Waals surface area contributed by atoms with Crippen LogP contribution in [0.4, 0.5) is 5.13 Å². The molecule has 0 aromatic carbocycles. The second kappa shape index (κ2) is 13.0. The van der Waals surface area contributed by atoms with E-state index in [9.17, 15) is 14.4 Å². The summed E-state index contributed by atoms with van der Waals surface area (Å²) in [6.45, 7) is 0.837. The number of hydrogen-bond acceptors (Lipinski definition) is 8. The van der Waals surface area contributed by atoms with Crippen LogP contribution in [0.3, 0.4) is 0 Å². The lowest BCUT2D eigenvalue weighted by Gasteiger charge is -2.19. The minimum atomic E-state index is -0.556. The molecular weight excluding hydrogens is 446 g/mol. The number of thiazole rings is 1. The Morgan fingerprint density at radius 1 is 1.21 bits per heavy atom. The third-order valence-electron chi connectivity index (χ3n) is 5.77. The molecule has 3 amide bonds. The van der Waals surface area contributed by atoms with Gasteiger partial charge in [0, 0.05) is 36.9 Å². The van der Waals surface area contributed by atoms with Gasteiger partial charge in [0.15, 0.2) is 5.13 Å². The van der Waals surface area contributed by atoms with Gasteiger partial charge < -0.3 is 10.6 Å². The summed E-state index contributed by atoms with van der Waals surface area (Å²) in [6.07, 6.45) is 10.4. The van der Waals surface area contributed by atoms with E-state index in [1.54, 1.807) is 22.6 Å². The van der Waals surface area contributed by atoms with Crippen molar-refractivity contribution in [3.8, 4) is 0 Å². The van der Waals surface area contributed by atoms with Gasteiger partial charge in [0.1, 0.15) is 5.69 Å². The lowest BCUT2D eigenvalue weighted by molar-refractivity contribution is -0.135. The Bertz CT molecular complexity index is 896. The molecule has 2 aromatic rings. The fourth-order valence-corrected chi connectivity index (χ4v) is 4.62. The molecule has 180 valence electrons. The SMILES string of the molecule is O=C(CC(CC1CCCC1)C(=O)NCc1cn(CCCCC(=O)Nc2nccs2)nn1)NO. The summed E-state index contributed by atoms with van der Waals surface area (Å²) >= 11 is 1.38. The van der Waals surface area contributed by atoms with Crippen LogP contribution < -0.4 is 16.1 Å². The van der Waals surface area contributed by atoms with Crippen molar-refractivity contribution in [1.29, 1.82) is 0 Å². The van der Waals surface area contributed by atoms with Gasteiger partial charge in [-0.25, -0.2) is 10.5 Å². The van der Waals surface area contributed by atoms with Gasteiger partial charge >= 0.3 is 0 Å². The van der Waals surface area contributed by atoms with Crippen LogP contribution in [0.15, 0.2) is 17.8 Å². The Labute approximate surface area is 196 Å². The standard InChI is InChI=1S/C21H31N7O4S/c29-18(24-21-22-8-10-33-21)7-3-4-9-28-14-17(25-27-28)13-23-20(31)16(12-19(30)26-32)11-15-5-1-2-6-15/h8,10,14-16,32H,1-7,9,11-13H2,(H,23,31)(H,26,30)(H,22,24,29). The van der Waals surface area contributed by atoms with E-state index in [0.29, 0.717) is 42.6 Å². The van der Waals surface area contributed by atoms with E-state index in [4.69, 9.17) is 5.21 Å². The molecule has 1 saturated carbocycles. The van der Waals surface area contributed by atoms with Gasteiger partial charge in [0.05, 0.1) is 12.7 Å². The van der Waals surface area contributed by atoms with Gasteiger partial charge in [-0.1, -0.05) is 30.9 Å². The highest BCUT2D eigenvalue weighted by molar-refractivity contribution is 7.13. The first-order valence-electron chi connectivity index (χ1n) is 11.3. The third kappa shape index (κ3) is 8.54. The molecule has 0 bridgehead atoms. The lowest BCUT2D eigenvalue weighted by atomic mass is 9.90. The van der Waals surface area contributed by atoms with Crippen molar-refractivity contribution in [3.63, 3.8) is 0 Å². The minimum Gasteiger partial charge on any atom is -0.350 e. The number of amides is 3. The second-order valence-corrected chi connectivity index (χ2v) is 9.25. The molecule has 0 spiro atoms. The monoisotopic (exact) mass is 477 g/mol. The molecule has 12 heteroatoms. The van der Waals surface area contributed by atoms with E-state index < -0.39 is 11.8 Å². The lowest BCUT2D eigenvalue weighted by Crippen LogP contribution is -2.35. The maximum absolute atomic E-state index is 12.7. The molecule has 0 saturated heterocycles. The molecular formula is C21H31N7O4S. The summed E-state index contributed by atoms with van der Waals surface area (Å²) in [5.41, 5.74) is 2.24. The highest BCUT2D eigenvalue weighted by Gasteiger charge is 2.27. The van der Waals surface area contributed by atoms with Crippen LogP contribution in [0.2, 0.25) is 0 Å². The Hall–Kier alpha value is -2.86. The van der Waals surface area contributed by atoms with E-state index in [-0.39, 0.29) is 24.8 Å². The van der Waals surface area contributed by atoms with Crippen LogP contribution in [-0.4, -0.2) is 42.9 Å². The van der Waals surface area contributed by atoms with Crippen molar-refractivity contribution >= 4 is 34.2 Å². The summed E-state index contributed by atoms with van der Waals surface area (Å²) < 4.78 is 1.69. The number of unbranched alkanes of at least 4 members (excludes halogenated alkanes) is 1. The topological polar surface area (TPSA) is 151 Å². The van der Waals surface area contributed by atoms with Crippen molar-refractivity contribution in [2.45, 2.75) is 70.9 Å². The number of aromatic nitrogens is 4. The molecule has 3 rings (SSSR count). The highest BCUT2D eigenvalue weighted by Crippen LogP contribution is 2.31. The Kier molecular flexibility index (Phi) is 9.76. The third-order valence-corrected chi connectivity index (χ3v) is 6.46. The summed E-state index contributed by atoms with van der Waals surface area (Å²) in [5.74, 6) is -0.873. The van der Waals surface area contributed by atoms with E-state index >= 15 is 0 Å². The Morgan fingerprint density at radius 3 is 2.76 bits per heavy atom. The predicted molar refractivity (Wildman–Crippen MR) is 121 cm³/mol. The number of anilines is 1. The number of rotatable bonds is 13. The first kappa shape index (κ1) is 24.8. The number of carbonyl (C=O) groups is 3. The zero-order valence-electron chi connectivity index (χ0n) is 18.5. The smallest absolute Gasteiger partial charge is 0.244 e. The fourth-order valence-electron chi connectivity index (χ4n) is 4.08. The summed E-state index contributed by atoms with van der Waals surface area (Å²) in [6, 6.07) is 0. The molecule has 1 atom stereocenters. The molecule has 33 heavy (non-hydrogen) atoms. The van der Waals surface area contributed by atoms with Gasteiger partial charge in [-0.2, -0.15) is 0 Å². The van der Waals surface area contributed by atoms with Gasteiger partial charge in [0.2, 0.25) is 17.7 Å². The molecule has 1 fully saturated rings. The number of hydrogen-bond donors (Lipinski definition) is 4. The maximum atomic E-state index is 12.7. The van der Waals surface area contributed by atoms with Crippen LogP contribution in [0, 0.1) is 11.8 Å². The Balaban J connectivity index is 1.37. The molecule has 0 radical (unpaired) electrons. The molecule has 2 aromatic heterocycles. The zero-order valence-corrected chi connectivity index (χ0v) is 19.4. The molecule has 4 N–H and O–H groups in total. The largest absolute Gasteiger partial charge is 0.350 e. The van der Waals surface area contributed by atoms with Crippen molar-refractivity contribution in [2.24, 2.45) is 11.8 Å². The molecule has 1 aliphatic carbocycles. The van der Waals surface area contributed by atoms with Crippen LogP contribution in [0.25, 0.3) is 0 Å². The predicted octanol–water partition coefficient (Wildman–Crippen LogP) is 2.25. The van der Waals surface area contributed by atoms with Crippen molar-refractivity contribution < 1.29 is 19.6 Å². The van der Waals surface area contributed by atoms with Gasteiger partial charge in [-0.15, -0.1) is 16.4 Å². The van der Waals surface area contributed by atoms with Crippen LogP contribution in [0.5, 0.6) is 0 Å².